The van der Waals surface area contributed by atoms with Crippen LogP contribution < -0.4 is 0 Å². The normalized spacial score (nSPS) is 12.5. The van der Waals surface area contributed by atoms with Crippen LogP contribution in [0.15, 0.2) is 0 Å². The third-order valence-corrected chi connectivity index (χ3v) is 1.73. The second-order valence-corrected chi connectivity index (χ2v) is 2.89. The van der Waals surface area contributed by atoms with E-state index >= 15 is 0 Å². The average Bonchev–Trinajstić information content (AvgIpc) is 2.04. The predicted molar refractivity (Wildman–Crippen MR) is 46.6 cm³/mol. The van der Waals surface area contributed by atoms with E-state index in [4.69, 9.17) is 11.2 Å². The molecule has 1 unspecified atom stereocenters. The number of ether oxygens (including phenoxy) is 1. The summed E-state index contributed by atoms with van der Waals surface area (Å²) in [6.07, 6.45) is 11.5. The molecule has 0 amide bonds. The summed E-state index contributed by atoms with van der Waals surface area (Å²) in [5.41, 5.74) is 0. The van der Waals surface area contributed by atoms with Gasteiger partial charge < -0.3 is 4.74 Å². The molecule has 1 heteroatoms. The summed E-state index contributed by atoms with van der Waals surface area (Å²) in [7, 11) is 1.73. The minimum absolute atomic E-state index is 0.331. The summed E-state index contributed by atoms with van der Waals surface area (Å²) < 4.78 is 4.92. The summed E-state index contributed by atoms with van der Waals surface area (Å²) in [6, 6.07) is 0. The van der Waals surface area contributed by atoms with Crippen molar-refractivity contribution in [3.63, 3.8) is 0 Å². The summed E-state index contributed by atoms with van der Waals surface area (Å²) in [6.45, 7) is 2.89. The van der Waals surface area contributed by atoms with E-state index in [1.165, 1.54) is 12.8 Å². The van der Waals surface area contributed by atoms with Gasteiger partial charge in [-0.1, -0.05) is 25.7 Å². The van der Waals surface area contributed by atoms with Crippen molar-refractivity contribution < 1.29 is 4.74 Å². The highest BCUT2D eigenvalue weighted by Crippen LogP contribution is 2.07. The van der Waals surface area contributed by atoms with E-state index in [1.807, 2.05) is 6.92 Å². The third kappa shape index (κ3) is 7.42. The Morgan fingerprint density at radius 1 is 1.36 bits per heavy atom. The van der Waals surface area contributed by atoms with E-state index in [1.54, 1.807) is 7.11 Å². The Morgan fingerprint density at radius 3 is 2.64 bits per heavy atom. The van der Waals surface area contributed by atoms with Gasteiger partial charge in [-0.25, -0.2) is 0 Å². The van der Waals surface area contributed by atoms with Crippen LogP contribution in [0.1, 0.15) is 32.6 Å². The molecule has 1 radical (unpaired) electrons. The zero-order valence-corrected chi connectivity index (χ0v) is 7.52. The Morgan fingerprint density at radius 2 is 2.09 bits per heavy atom. The molecule has 0 rings (SSSR count). The third-order valence-electron chi connectivity index (χ3n) is 1.73. The first-order chi connectivity index (χ1) is 5.31. The Labute approximate surface area is 70.1 Å². The van der Waals surface area contributed by atoms with Crippen molar-refractivity contribution >= 4 is 0 Å². The quantitative estimate of drug-likeness (QED) is 0.420. The molecule has 0 saturated heterocycles. The van der Waals surface area contributed by atoms with Gasteiger partial charge >= 0.3 is 0 Å². The number of methoxy groups -OCH3 is 1. The maximum atomic E-state index is 6.85. The molecule has 0 saturated carbocycles. The molecule has 0 aromatic rings. The van der Waals surface area contributed by atoms with Gasteiger partial charge in [0.2, 0.25) is 0 Å². The van der Waals surface area contributed by atoms with Crippen molar-refractivity contribution in [2.45, 2.75) is 32.6 Å². The minimum Gasteiger partial charge on any atom is -0.385 e. The summed E-state index contributed by atoms with van der Waals surface area (Å²) >= 11 is 0. The van der Waals surface area contributed by atoms with Crippen molar-refractivity contribution in [2.24, 2.45) is 5.92 Å². The maximum absolute atomic E-state index is 6.85. The van der Waals surface area contributed by atoms with Crippen LogP contribution in [0.4, 0.5) is 0 Å². The standard InChI is InChI=1S/C10H17O/c1-4-10(2)8-6-5-7-9-11-3/h10H,5-9H2,2-3H3. The summed E-state index contributed by atoms with van der Waals surface area (Å²) in [5, 5.41) is 0. The molecular formula is C10H17O. The Hall–Kier alpha value is -0.480. The molecule has 1 nitrogen and oxygen atoms in total. The van der Waals surface area contributed by atoms with Gasteiger partial charge in [0.25, 0.3) is 0 Å². The number of hydrogen-bond acceptors (Lipinski definition) is 1. The zero-order chi connectivity index (χ0) is 8.53. The van der Waals surface area contributed by atoms with E-state index in [-0.39, 0.29) is 0 Å². The van der Waals surface area contributed by atoms with Gasteiger partial charge in [0.05, 0.1) is 0 Å². The van der Waals surface area contributed by atoms with Crippen molar-refractivity contribution in [3.05, 3.63) is 6.42 Å². The van der Waals surface area contributed by atoms with Crippen molar-refractivity contribution in [2.75, 3.05) is 13.7 Å². The lowest BCUT2D eigenvalue weighted by atomic mass is 10.0. The average molecular weight is 153 g/mol. The molecule has 0 bridgehead atoms. The molecular weight excluding hydrogens is 136 g/mol. The van der Waals surface area contributed by atoms with Crippen LogP contribution >= 0.6 is 0 Å². The van der Waals surface area contributed by atoms with Gasteiger partial charge in [-0.3, -0.25) is 0 Å². The molecule has 0 spiro atoms. The molecule has 11 heavy (non-hydrogen) atoms. The second kappa shape index (κ2) is 7.63. The van der Waals surface area contributed by atoms with E-state index in [2.05, 4.69) is 5.92 Å². The fourth-order valence-corrected chi connectivity index (χ4v) is 0.946. The maximum Gasteiger partial charge on any atom is 0.0462 e. The lowest BCUT2D eigenvalue weighted by molar-refractivity contribution is 0.191. The fourth-order valence-electron chi connectivity index (χ4n) is 0.946. The lowest BCUT2D eigenvalue weighted by Crippen LogP contribution is -1.92. The van der Waals surface area contributed by atoms with Gasteiger partial charge in [0.15, 0.2) is 0 Å². The molecule has 0 heterocycles. The molecule has 0 aliphatic heterocycles. The summed E-state index contributed by atoms with van der Waals surface area (Å²) in [5.74, 6) is 2.81. The van der Waals surface area contributed by atoms with Gasteiger partial charge in [-0.2, -0.15) is 0 Å². The Balaban J connectivity index is 2.97. The number of hydrogen-bond donors (Lipinski definition) is 0. The van der Waals surface area contributed by atoms with Crippen LogP contribution in [-0.2, 0) is 4.74 Å². The van der Waals surface area contributed by atoms with Crippen molar-refractivity contribution in [1.82, 2.24) is 0 Å². The monoisotopic (exact) mass is 153 g/mol. The zero-order valence-electron chi connectivity index (χ0n) is 7.52. The van der Waals surface area contributed by atoms with Gasteiger partial charge in [-0.05, 0) is 19.3 Å². The number of unbranched alkanes of at least 4 members (excludes halogenated alkanes) is 2. The highest BCUT2D eigenvalue weighted by atomic mass is 16.5. The predicted octanol–water partition coefficient (Wildman–Crippen LogP) is 2.42. The van der Waals surface area contributed by atoms with Crippen molar-refractivity contribution in [3.8, 4) is 5.92 Å². The smallest absolute Gasteiger partial charge is 0.0462 e. The van der Waals surface area contributed by atoms with Crippen LogP contribution in [0.2, 0.25) is 0 Å². The first-order valence-corrected chi connectivity index (χ1v) is 4.22. The molecule has 0 aliphatic rings. The van der Waals surface area contributed by atoms with E-state index in [9.17, 15) is 0 Å². The van der Waals surface area contributed by atoms with E-state index in [0.717, 1.165) is 19.4 Å². The lowest BCUT2D eigenvalue weighted by Gasteiger charge is -2.02. The summed E-state index contributed by atoms with van der Waals surface area (Å²) in [4.78, 5) is 0. The van der Waals surface area contributed by atoms with Gasteiger partial charge in [0.1, 0.15) is 0 Å². The minimum atomic E-state index is 0.331. The first kappa shape index (κ1) is 10.5. The molecule has 0 aromatic carbocycles. The molecule has 0 aromatic heterocycles. The fraction of sp³-hybridized carbons (Fsp3) is 0.800. The van der Waals surface area contributed by atoms with Crippen molar-refractivity contribution in [1.29, 1.82) is 0 Å². The largest absolute Gasteiger partial charge is 0.385 e. The van der Waals surface area contributed by atoms with Crippen LogP contribution in [0.3, 0.4) is 0 Å². The SMILES string of the molecule is [C]#CC(C)CCCCCOC. The van der Waals surface area contributed by atoms with Gasteiger partial charge in [0, 0.05) is 19.6 Å². The topological polar surface area (TPSA) is 9.23 Å². The van der Waals surface area contributed by atoms with Crippen LogP contribution in [0.25, 0.3) is 0 Å². The van der Waals surface area contributed by atoms with Crippen LogP contribution in [0, 0.1) is 18.3 Å². The van der Waals surface area contributed by atoms with E-state index < -0.39 is 0 Å². The number of rotatable bonds is 6. The Kier molecular flexibility index (Phi) is 7.29. The van der Waals surface area contributed by atoms with E-state index in [0.29, 0.717) is 5.92 Å². The molecule has 0 aliphatic carbocycles. The second-order valence-electron chi connectivity index (χ2n) is 2.89. The first-order valence-electron chi connectivity index (χ1n) is 4.22. The highest BCUT2D eigenvalue weighted by molar-refractivity contribution is 4.82. The molecule has 63 valence electrons. The Bertz CT molecular complexity index is 113. The molecule has 1 atom stereocenters. The van der Waals surface area contributed by atoms with Crippen LogP contribution in [0.5, 0.6) is 0 Å². The molecule has 0 fully saturated rings. The molecule has 0 N–H and O–H groups in total. The highest BCUT2D eigenvalue weighted by Gasteiger charge is 1.95. The van der Waals surface area contributed by atoms with Crippen LogP contribution in [-0.4, -0.2) is 13.7 Å². The van der Waals surface area contributed by atoms with Gasteiger partial charge in [-0.15, -0.1) is 0 Å².